The van der Waals surface area contributed by atoms with Crippen molar-refractivity contribution in [2.45, 2.75) is 39.3 Å². The first kappa shape index (κ1) is 14.7. The predicted octanol–water partition coefficient (Wildman–Crippen LogP) is 3.49. The van der Waals surface area contributed by atoms with Crippen LogP contribution in [0.2, 0.25) is 0 Å². The van der Waals surface area contributed by atoms with Crippen LogP contribution in [0, 0.1) is 6.92 Å². The van der Waals surface area contributed by atoms with Crippen molar-refractivity contribution in [2.75, 3.05) is 7.05 Å². The molecule has 0 radical (unpaired) electrons. The first-order chi connectivity index (χ1) is 9.02. The highest BCUT2D eigenvalue weighted by Gasteiger charge is 2.21. The Morgan fingerprint density at radius 2 is 2.21 bits per heavy atom. The molecule has 0 amide bonds. The van der Waals surface area contributed by atoms with E-state index < -0.39 is 0 Å². The van der Waals surface area contributed by atoms with Crippen molar-refractivity contribution >= 4 is 27.3 Å². The van der Waals surface area contributed by atoms with Crippen molar-refractivity contribution in [1.82, 2.24) is 20.1 Å². The van der Waals surface area contributed by atoms with Crippen LogP contribution in [0.1, 0.15) is 42.3 Å². The highest BCUT2D eigenvalue weighted by Crippen LogP contribution is 2.28. The minimum atomic E-state index is 0.213. The van der Waals surface area contributed by atoms with Gasteiger partial charge in [0.05, 0.1) is 27.4 Å². The number of hydrogen-bond donors (Lipinski definition) is 1. The summed E-state index contributed by atoms with van der Waals surface area (Å²) in [5.41, 5.74) is 2.27. The quantitative estimate of drug-likeness (QED) is 0.904. The fourth-order valence-electron chi connectivity index (χ4n) is 2.09. The summed E-state index contributed by atoms with van der Waals surface area (Å²) in [5.74, 6) is 0. The van der Waals surface area contributed by atoms with Gasteiger partial charge in [-0.25, -0.2) is 4.98 Å². The van der Waals surface area contributed by atoms with Crippen LogP contribution in [-0.2, 0) is 6.42 Å². The molecule has 2 heterocycles. The normalized spacial score (nSPS) is 13.2. The lowest BCUT2D eigenvalue weighted by Gasteiger charge is -2.19. The van der Waals surface area contributed by atoms with Crippen LogP contribution in [0.5, 0.6) is 0 Å². The number of likely N-dealkylation sites (N-methyl/N-ethyl adjacent to an activating group) is 1. The average Bonchev–Trinajstić information content (AvgIpc) is 2.93. The molecule has 0 aliphatic rings. The van der Waals surface area contributed by atoms with Crippen molar-refractivity contribution in [2.24, 2.45) is 0 Å². The molecule has 19 heavy (non-hydrogen) atoms. The van der Waals surface area contributed by atoms with E-state index in [9.17, 15) is 0 Å². The van der Waals surface area contributed by atoms with Crippen molar-refractivity contribution in [1.29, 1.82) is 0 Å². The summed E-state index contributed by atoms with van der Waals surface area (Å²) in [6.45, 7) is 6.31. The number of halogens is 1. The molecule has 1 N–H and O–H groups in total. The third kappa shape index (κ3) is 3.24. The standard InChI is InChI=1S/C13H19BrN4S/c1-8(2)18-13(10(14)6-16-18)11(15-4)5-12-17-9(3)7-19-12/h6-8,11,15H,5H2,1-4H3. The molecule has 1 unspecified atom stereocenters. The summed E-state index contributed by atoms with van der Waals surface area (Å²) in [6, 6.07) is 0.556. The third-order valence-electron chi connectivity index (χ3n) is 3.00. The number of thiazole rings is 1. The number of nitrogens with zero attached hydrogens (tertiary/aromatic N) is 3. The molecule has 104 valence electrons. The lowest BCUT2D eigenvalue weighted by molar-refractivity contribution is 0.458. The molecule has 2 aromatic rings. The monoisotopic (exact) mass is 342 g/mol. The lowest BCUT2D eigenvalue weighted by atomic mass is 10.1. The van der Waals surface area contributed by atoms with E-state index in [1.807, 2.05) is 20.2 Å². The van der Waals surface area contributed by atoms with E-state index in [-0.39, 0.29) is 6.04 Å². The maximum Gasteiger partial charge on any atom is 0.0947 e. The molecule has 6 heteroatoms. The SMILES string of the molecule is CNC(Cc1nc(C)cs1)c1c(Br)cnn1C(C)C. The van der Waals surface area contributed by atoms with E-state index in [1.54, 1.807) is 11.3 Å². The zero-order valence-corrected chi connectivity index (χ0v) is 14.0. The number of aromatic nitrogens is 3. The van der Waals surface area contributed by atoms with Gasteiger partial charge in [0.1, 0.15) is 0 Å². The van der Waals surface area contributed by atoms with Crippen LogP contribution in [0.25, 0.3) is 0 Å². The largest absolute Gasteiger partial charge is 0.311 e. The Hall–Kier alpha value is -0.720. The maximum atomic E-state index is 4.55. The predicted molar refractivity (Wildman–Crippen MR) is 82.7 cm³/mol. The molecule has 0 bridgehead atoms. The van der Waals surface area contributed by atoms with E-state index in [0.29, 0.717) is 6.04 Å². The van der Waals surface area contributed by atoms with Gasteiger partial charge in [0, 0.05) is 23.5 Å². The fourth-order valence-corrected chi connectivity index (χ4v) is 3.46. The Kier molecular flexibility index (Phi) is 4.76. The van der Waals surface area contributed by atoms with Crippen LogP contribution in [-0.4, -0.2) is 21.8 Å². The lowest BCUT2D eigenvalue weighted by Crippen LogP contribution is -2.23. The van der Waals surface area contributed by atoms with E-state index in [1.165, 1.54) is 5.69 Å². The Bertz CT molecular complexity index is 547. The molecule has 1 atom stereocenters. The zero-order valence-electron chi connectivity index (χ0n) is 11.6. The molecular weight excluding hydrogens is 324 g/mol. The van der Waals surface area contributed by atoms with E-state index >= 15 is 0 Å². The summed E-state index contributed by atoms with van der Waals surface area (Å²) in [7, 11) is 1.98. The van der Waals surface area contributed by atoms with Crippen molar-refractivity contribution < 1.29 is 0 Å². The summed E-state index contributed by atoms with van der Waals surface area (Å²) in [5, 5.41) is 11.1. The maximum absolute atomic E-state index is 4.55. The molecule has 0 fully saturated rings. The molecule has 4 nitrogen and oxygen atoms in total. The van der Waals surface area contributed by atoms with Crippen LogP contribution in [0.15, 0.2) is 16.0 Å². The molecule has 0 spiro atoms. The molecule has 2 aromatic heterocycles. The Balaban J connectivity index is 2.29. The minimum Gasteiger partial charge on any atom is -0.311 e. The van der Waals surface area contributed by atoms with Gasteiger partial charge in [-0.1, -0.05) is 0 Å². The average molecular weight is 343 g/mol. The van der Waals surface area contributed by atoms with Gasteiger partial charge in [0.25, 0.3) is 0 Å². The molecule has 0 aliphatic carbocycles. The van der Waals surface area contributed by atoms with Gasteiger partial charge in [-0.2, -0.15) is 5.10 Å². The van der Waals surface area contributed by atoms with Gasteiger partial charge in [0.15, 0.2) is 0 Å². The smallest absolute Gasteiger partial charge is 0.0947 e. The van der Waals surface area contributed by atoms with Gasteiger partial charge < -0.3 is 5.32 Å². The summed E-state index contributed by atoms with van der Waals surface area (Å²) in [6.07, 6.45) is 2.75. The van der Waals surface area contributed by atoms with E-state index in [4.69, 9.17) is 0 Å². The molecule has 0 saturated carbocycles. The molecule has 0 saturated heterocycles. The van der Waals surface area contributed by atoms with Gasteiger partial charge in [0.2, 0.25) is 0 Å². The third-order valence-corrected chi connectivity index (χ3v) is 4.60. The van der Waals surface area contributed by atoms with Crippen LogP contribution >= 0.6 is 27.3 Å². The first-order valence-electron chi connectivity index (χ1n) is 6.34. The highest BCUT2D eigenvalue weighted by atomic mass is 79.9. The summed E-state index contributed by atoms with van der Waals surface area (Å²) < 4.78 is 3.11. The van der Waals surface area contributed by atoms with Crippen molar-refractivity contribution in [3.63, 3.8) is 0 Å². The molecule has 0 aliphatic heterocycles. The van der Waals surface area contributed by atoms with Gasteiger partial charge >= 0.3 is 0 Å². The highest BCUT2D eigenvalue weighted by molar-refractivity contribution is 9.10. The van der Waals surface area contributed by atoms with E-state index in [2.05, 4.69) is 55.2 Å². The Morgan fingerprint density at radius 1 is 1.47 bits per heavy atom. The Labute approximate surface area is 126 Å². The Morgan fingerprint density at radius 3 is 2.74 bits per heavy atom. The molecular formula is C13H19BrN4S. The van der Waals surface area contributed by atoms with Crippen molar-refractivity contribution in [3.8, 4) is 0 Å². The fraction of sp³-hybridized carbons (Fsp3) is 0.538. The number of hydrogen-bond acceptors (Lipinski definition) is 4. The first-order valence-corrected chi connectivity index (χ1v) is 8.01. The van der Waals surface area contributed by atoms with E-state index in [0.717, 1.165) is 21.6 Å². The van der Waals surface area contributed by atoms with Gasteiger partial charge in [-0.15, -0.1) is 11.3 Å². The van der Waals surface area contributed by atoms with Crippen molar-refractivity contribution in [3.05, 3.63) is 32.4 Å². The second-order valence-corrected chi connectivity index (χ2v) is 6.64. The minimum absolute atomic E-state index is 0.213. The van der Waals surface area contributed by atoms with Crippen LogP contribution in [0.4, 0.5) is 0 Å². The number of rotatable bonds is 5. The van der Waals surface area contributed by atoms with Gasteiger partial charge in [-0.05, 0) is 43.7 Å². The second kappa shape index (κ2) is 6.15. The second-order valence-electron chi connectivity index (χ2n) is 4.84. The zero-order chi connectivity index (χ0) is 14.0. The molecule has 2 rings (SSSR count). The van der Waals surface area contributed by atoms with Crippen LogP contribution < -0.4 is 5.32 Å². The number of aryl methyl sites for hydroxylation is 1. The summed E-state index contributed by atoms with van der Waals surface area (Å²) >= 11 is 5.32. The van der Waals surface area contributed by atoms with Gasteiger partial charge in [-0.3, -0.25) is 4.68 Å². The number of nitrogens with one attached hydrogen (secondary N) is 1. The topological polar surface area (TPSA) is 42.7 Å². The summed E-state index contributed by atoms with van der Waals surface area (Å²) in [4.78, 5) is 4.55. The van der Waals surface area contributed by atoms with Crippen LogP contribution in [0.3, 0.4) is 0 Å². The molecule has 0 aromatic carbocycles.